The summed E-state index contributed by atoms with van der Waals surface area (Å²) in [4.78, 5) is 0. The van der Waals surface area contributed by atoms with E-state index in [4.69, 9.17) is 0 Å². The van der Waals surface area contributed by atoms with Gasteiger partial charge in [-0.2, -0.15) is 0 Å². The summed E-state index contributed by atoms with van der Waals surface area (Å²) in [7, 11) is 0. The van der Waals surface area contributed by atoms with E-state index in [1.54, 1.807) is 6.07 Å². The van der Waals surface area contributed by atoms with Crippen LogP contribution in [0.1, 0.15) is 45.0 Å². The fourth-order valence-electron chi connectivity index (χ4n) is 4.36. The summed E-state index contributed by atoms with van der Waals surface area (Å²) in [5, 5.41) is 22.9. The second-order valence-corrected chi connectivity index (χ2v) is 9.36. The molecule has 0 aromatic heterocycles. The SMILES string of the molecule is OC(C#CC#CC(O)(c1ccccc1)c1ccccc1C#Cc1ccccc1)c1ccccc1C#Cc1ccccc1. The minimum absolute atomic E-state index is 0.552. The minimum atomic E-state index is -1.68. The second kappa shape index (κ2) is 13.6. The van der Waals surface area contributed by atoms with Gasteiger partial charge < -0.3 is 10.2 Å². The molecule has 2 unspecified atom stereocenters. The molecular formula is C40H26O2. The van der Waals surface area contributed by atoms with Crippen LogP contribution in [0.15, 0.2) is 140 Å². The van der Waals surface area contributed by atoms with Crippen molar-refractivity contribution in [3.8, 4) is 47.4 Å². The first-order valence-electron chi connectivity index (χ1n) is 13.4. The van der Waals surface area contributed by atoms with Crippen LogP contribution in [0.25, 0.3) is 0 Å². The van der Waals surface area contributed by atoms with Crippen molar-refractivity contribution in [1.82, 2.24) is 0 Å². The maximum Gasteiger partial charge on any atom is 0.179 e. The van der Waals surface area contributed by atoms with Crippen molar-refractivity contribution >= 4 is 0 Å². The fraction of sp³-hybridized carbons (Fsp3) is 0.0500. The van der Waals surface area contributed by atoms with Crippen molar-refractivity contribution in [2.24, 2.45) is 0 Å². The molecule has 5 rings (SSSR count). The molecule has 2 nitrogen and oxygen atoms in total. The van der Waals surface area contributed by atoms with Gasteiger partial charge in [0.1, 0.15) is 6.10 Å². The number of benzene rings is 5. The molecule has 0 saturated heterocycles. The van der Waals surface area contributed by atoms with Crippen LogP contribution in [-0.4, -0.2) is 10.2 Å². The summed E-state index contributed by atoms with van der Waals surface area (Å²) in [6, 6.07) is 43.3. The van der Waals surface area contributed by atoms with Gasteiger partial charge in [-0.1, -0.05) is 133 Å². The van der Waals surface area contributed by atoms with Gasteiger partial charge in [-0.3, -0.25) is 0 Å². The van der Waals surface area contributed by atoms with E-state index in [2.05, 4.69) is 47.4 Å². The zero-order valence-corrected chi connectivity index (χ0v) is 22.8. The van der Waals surface area contributed by atoms with E-state index in [0.717, 1.165) is 11.1 Å². The first-order valence-corrected chi connectivity index (χ1v) is 13.4. The first-order chi connectivity index (χ1) is 20.6. The van der Waals surface area contributed by atoms with Crippen molar-refractivity contribution < 1.29 is 10.2 Å². The maximum atomic E-state index is 12.0. The predicted molar refractivity (Wildman–Crippen MR) is 168 cm³/mol. The zero-order chi connectivity index (χ0) is 29.0. The summed E-state index contributed by atoms with van der Waals surface area (Å²) in [5.41, 5.74) is 3.15. The molecule has 5 aromatic carbocycles. The Kier molecular flexibility index (Phi) is 8.97. The topological polar surface area (TPSA) is 40.5 Å². The van der Waals surface area contributed by atoms with Crippen LogP contribution in [-0.2, 0) is 5.60 Å². The summed E-state index contributed by atoms with van der Waals surface area (Å²) in [5.74, 6) is 23.9. The fourth-order valence-corrected chi connectivity index (χ4v) is 4.36. The first kappa shape index (κ1) is 27.8. The van der Waals surface area contributed by atoms with Crippen molar-refractivity contribution in [3.63, 3.8) is 0 Å². The summed E-state index contributed by atoms with van der Waals surface area (Å²) in [6.45, 7) is 0. The molecule has 0 spiro atoms. The van der Waals surface area contributed by atoms with Gasteiger partial charge >= 0.3 is 0 Å². The van der Waals surface area contributed by atoms with Gasteiger partial charge in [-0.05, 0) is 54.2 Å². The lowest BCUT2D eigenvalue weighted by molar-refractivity contribution is 0.145. The van der Waals surface area contributed by atoms with Crippen molar-refractivity contribution in [2.45, 2.75) is 11.7 Å². The van der Waals surface area contributed by atoms with Crippen LogP contribution < -0.4 is 0 Å². The maximum absolute atomic E-state index is 12.0. The lowest BCUT2D eigenvalue weighted by Gasteiger charge is -2.24. The van der Waals surface area contributed by atoms with Gasteiger partial charge in [0.05, 0.1) is 0 Å². The highest BCUT2D eigenvalue weighted by atomic mass is 16.3. The Morgan fingerprint density at radius 3 is 1.64 bits per heavy atom. The van der Waals surface area contributed by atoms with Crippen LogP contribution in [0.2, 0.25) is 0 Å². The average Bonchev–Trinajstić information content (AvgIpc) is 3.06. The molecule has 2 heteroatoms. The van der Waals surface area contributed by atoms with Gasteiger partial charge in [0.25, 0.3) is 0 Å². The van der Waals surface area contributed by atoms with E-state index in [1.165, 1.54) is 0 Å². The van der Waals surface area contributed by atoms with Crippen molar-refractivity contribution in [3.05, 3.63) is 178 Å². The third kappa shape index (κ3) is 6.87. The van der Waals surface area contributed by atoms with Crippen molar-refractivity contribution in [1.29, 1.82) is 0 Å². The molecule has 0 radical (unpaired) electrons. The number of aliphatic hydroxyl groups is 2. The van der Waals surface area contributed by atoms with Gasteiger partial charge in [-0.25, -0.2) is 0 Å². The number of aliphatic hydroxyl groups excluding tert-OH is 1. The number of rotatable bonds is 3. The molecule has 2 atom stereocenters. The summed E-state index contributed by atoms with van der Waals surface area (Å²) < 4.78 is 0. The van der Waals surface area contributed by atoms with E-state index >= 15 is 0 Å². The molecule has 0 bridgehead atoms. The van der Waals surface area contributed by atoms with E-state index in [9.17, 15) is 10.2 Å². The number of hydrogen-bond acceptors (Lipinski definition) is 2. The molecule has 0 saturated carbocycles. The van der Waals surface area contributed by atoms with Gasteiger partial charge in [0.15, 0.2) is 5.60 Å². The van der Waals surface area contributed by atoms with Gasteiger partial charge in [-0.15, -0.1) is 0 Å². The van der Waals surface area contributed by atoms with Crippen LogP contribution in [0, 0.1) is 47.4 Å². The van der Waals surface area contributed by atoms with E-state index in [0.29, 0.717) is 27.8 Å². The average molecular weight is 539 g/mol. The van der Waals surface area contributed by atoms with E-state index < -0.39 is 11.7 Å². The lowest BCUT2D eigenvalue weighted by Crippen LogP contribution is -2.26. The Hall–Kier alpha value is -5.74. The number of hydrogen-bond donors (Lipinski definition) is 2. The molecule has 0 aliphatic rings. The second-order valence-electron chi connectivity index (χ2n) is 9.36. The highest BCUT2D eigenvalue weighted by molar-refractivity contribution is 5.56. The van der Waals surface area contributed by atoms with Gasteiger partial charge in [0.2, 0.25) is 0 Å². The normalized spacial score (nSPS) is 11.9. The van der Waals surface area contributed by atoms with Crippen LogP contribution in [0.5, 0.6) is 0 Å². The Labute approximate surface area is 247 Å². The smallest absolute Gasteiger partial charge is 0.179 e. The molecule has 0 fully saturated rings. The lowest BCUT2D eigenvalue weighted by atomic mass is 9.84. The molecule has 5 aromatic rings. The molecule has 0 heterocycles. The monoisotopic (exact) mass is 538 g/mol. The Bertz CT molecular complexity index is 1910. The zero-order valence-electron chi connectivity index (χ0n) is 22.8. The highest BCUT2D eigenvalue weighted by Gasteiger charge is 2.31. The minimum Gasteiger partial charge on any atom is -0.376 e. The molecule has 2 N–H and O–H groups in total. The third-order valence-corrected chi connectivity index (χ3v) is 6.51. The molecule has 0 aliphatic heterocycles. The Balaban J connectivity index is 1.48. The van der Waals surface area contributed by atoms with E-state index in [1.807, 2.05) is 133 Å². The predicted octanol–water partition coefficient (Wildman–Crippen LogP) is 6.46. The molecule has 0 amide bonds. The van der Waals surface area contributed by atoms with Crippen LogP contribution in [0.4, 0.5) is 0 Å². The molecule has 0 aliphatic carbocycles. The largest absolute Gasteiger partial charge is 0.376 e. The van der Waals surface area contributed by atoms with Crippen LogP contribution in [0.3, 0.4) is 0 Å². The van der Waals surface area contributed by atoms with Crippen LogP contribution >= 0.6 is 0 Å². The highest BCUT2D eigenvalue weighted by Crippen LogP contribution is 2.31. The summed E-state index contributed by atoms with van der Waals surface area (Å²) in [6.07, 6.45) is -1.10. The van der Waals surface area contributed by atoms with E-state index in [-0.39, 0.29) is 0 Å². The van der Waals surface area contributed by atoms with Crippen molar-refractivity contribution in [2.75, 3.05) is 0 Å². The Morgan fingerprint density at radius 2 is 1.00 bits per heavy atom. The Morgan fingerprint density at radius 1 is 0.500 bits per heavy atom. The standard InChI is InChI=1S/C40H26O2/c41-39(37-24-12-10-20-34(37)29-27-32-16-4-1-5-17-32)26-14-15-31-40(42,36-22-8-3-9-23-36)38-25-13-11-21-35(38)30-28-33-18-6-2-7-19-33/h1-13,16-25,39,41-42H. The third-order valence-electron chi connectivity index (χ3n) is 6.51. The quantitative estimate of drug-likeness (QED) is 0.259. The molecular weight excluding hydrogens is 512 g/mol. The van der Waals surface area contributed by atoms with Gasteiger partial charge in [0, 0.05) is 38.9 Å². The summed E-state index contributed by atoms with van der Waals surface area (Å²) >= 11 is 0. The molecule has 42 heavy (non-hydrogen) atoms. The molecule has 198 valence electrons.